The van der Waals surface area contributed by atoms with Crippen LogP contribution < -0.4 is 10.6 Å². The topological polar surface area (TPSA) is 67.4 Å². The van der Waals surface area contributed by atoms with E-state index in [0.29, 0.717) is 18.9 Å². The molecule has 17 heavy (non-hydrogen) atoms. The van der Waals surface area contributed by atoms with Gasteiger partial charge in [0.25, 0.3) is 0 Å². The molecule has 1 aliphatic heterocycles. The second-order valence-corrected chi connectivity index (χ2v) is 4.74. The van der Waals surface area contributed by atoms with Crippen LogP contribution in [0.15, 0.2) is 12.7 Å². The Labute approximate surface area is 101 Å². The summed E-state index contributed by atoms with van der Waals surface area (Å²) in [6, 6.07) is 0. The Balaban J connectivity index is 1.87. The first kappa shape index (κ1) is 12.0. The molecule has 0 spiro atoms. The Morgan fingerprint density at radius 2 is 2.53 bits per heavy atom. The normalized spacial score (nSPS) is 30.6. The van der Waals surface area contributed by atoms with E-state index >= 15 is 0 Å². The molecule has 0 bridgehead atoms. The molecule has 5 nitrogen and oxygen atoms in total. The number of fused-ring (bicyclic) bond motifs is 1. The van der Waals surface area contributed by atoms with E-state index in [0.717, 1.165) is 19.3 Å². The molecule has 2 rings (SSSR count). The fourth-order valence-corrected chi connectivity index (χ4v) is 2.85. The average molecular weight is 238 g/mol. The molecule has 2 fully saturated rings. The second-order valence-electron chi connectivity index (χ2n) is 4.74. The molecule has 1 saturated heterocycles. The van der Waals surface area contributed by atoms with Crippen molar-refractivity contribution in [2.75, 3.05) is 13.2 Å². The van der Waals surface area contributed by atoms with Crippen LogP contribution in [0.4, 0.5) is 4.79 Å². The lowest BCUT2D eigenvalue weighted by atomic mass is 9.89. The number of amides is 2. The molecule has 0 radical (unpaired) electrons. The first-order valence-electron chi connectivity index (χ1n) is 5.99. The van der Waals surface area contributed by atoms with Crippen molar-refractivity contribution in [1.82, 2.24) is 10.6 Å². The van der Waals surface area contributed by atoms with Gasteiger partial charge in [-0.1, -0.05) is 19.1 Å². The minimum absolute atomic E-state index is 0.0935. The molecule has 1 aliphatic carbocycles. The van der Waals surface area contributed by atoms with Gasteiger partial charge in [-0.05, 0) is 18.8 Å². The van der Waals surface area contributed by atoms with Crippen molar-refractivity contribution in [2.45, 2.75) is 31.2 Å². The number of rotatable bonds is 4. The van der Waals surface area contributed by atoms with Crippen LogP contribution in [0.1, 0.15) is 25.7 Å². The molecule has 0 aromatic heterocycles. The van der Waals surface area contributed by atoms with E-state index in [4.69, 9.17) is 4.74 Å². The van der Waals surface area contributed by atoms with Crippen molar-refractivity contribution < 1.29 is 14.3 Å². The summed E-state index contributed by atoms with van der Waals surface area (Å²) in [4.78, 5) is 22.7. The van der Waals surface area contributed by atoms with Gasteiger partial charge in [0.15, 0.2) is 0 Å². The molecule has 1 heterocycles. The maximum atomic E-state index is 11.4. The Kier molecular flexibility index (Phi) is 3.36. The maximum absolute atomic E-state index is 11.4. The van der Waals surface area contributed by atoms with Gasteiger partial charge >= 0.3 is 6.09 Å². The highest BCUT2D eigenvalue weighted by molar-refractivity contribution is 5.80. The van der Waals surface area contributed by atoms with Crippen LogP contribution in [-0.2, 0) is 9.53 Å². The lowest BCUT2D eigenvalue weighted by Gasteiger charge is -2.29. The van der Waals surface area contributed by atoms with Crippen molar-refractivity contribution >= 4 is 12.0 Å². The first-order valence-corrected chi connectivity index (χ1v) is 5.99. The molecular formula is C12H18N2O3. The number of carbonyl (C=O) groups is 2. The van der Waals surface area contributed by atoms with Crippen molar-refractivity contribution in [3.05, 3.63) is 12.7 Å². The van der Waals surface area contributed by atoms with E-state index in [1.54, 1.807) is 0 Å². The number of alkyl carbamates (subject to hydrolysis) is 1. The van der Waals surface area contributed by atoms with Crippen LogP contribution in [0.25, 0.3) is 0 Å². The van der Waals surface area contributed by atoms with Crippen LogP contribution in [0.3, 0.4) is 0 Å². The van der Waals surface area contributed by atoms with E-state index in [1.165, 1.54) is 6.08 Å². The van der Waals surface area contributed by atoms with Gasteiger partial charge < -0.3 is 15.4 Å². The van der Waals surface area contributed by atoms with Crippen molar-refractivity contribution in [3.8, 4) is 0 Å². The van der Waals surface area contributed by atoms with Gasteiger partial charge in [-0.15, -0.1) is 0 Å². The summed E-state index contributed by atoms with van der Waals surface area (Å²) >= 11 is 0. The summed E-state index contributed by atoms with van der Waals surface area (Å²) in [5, 5.41) is 5.73. The van der Waals surface area contributed by atoms with Crippen LogP contribution in [-0.4, -0.2) is 30.7 Å². The molecule has 2 N–H and O–H groups in total. The van der Waals surface area contributed by atoms with Gasteiger partial charge in [0.2, 0.25) is 5.91 Å². The number of nitrogens with one attached hydrogen (secondary N) is 2. The molecule has 94 valence electrons. The zero-order valence-corrected chi connectivity index (χ0v) is 9.83. The predicted molar refractivity (Wildman–Crippen MR) is 62.4 cm³/mol. The van der Waals surface area contributed by atoms with Crippen molar-refractivity contribution in [1.29, 1.82) is 0 Å². The Morgan fingerprint density at radius 3 is 3.29 bits per heavy atom. The Hall–Kier alpha value is -1.52. The molecule has 2 amide bonds. The summed E-state index contributed by atoms with van der Waals surface area (Å²) in [7, 11) is 0. The molecule has 2 aliphatic rings. The third-order valence-corrected chi connectivity index (χ3v) is 3.66. The summed E-state index contributed by atoms with van der Waals surface area (Å²) in [5.74, 6) is 0.450. The van der Waals surface area contributed by atoms with E-state index in [-0.39, 0.29) is 18.1 Å². The van der Waals surface area contributed by atoms with Gasteiger partial charge in [-0.3, -0.25) is 4.79 Å². The van der Waals surface area contributed by atoms with Crippen molar-refractivity contribution in [2.24, 2.45) is 5.92 Å². The highest BCUT2D eigenvalue weighted by Gasteiger charge is 2.49. The van der Waals surface area contributed by atoms with E-state index < -0.39 is 6.09 Å². The average Bonchev–Trinajstić information content (AvgIpc) is 2.79. The zero-order chi connectivity index (χ0) is 12.3. The van der Waals surface area contributed by atoms with E-state index in [9.17, 15) is 9.59 Å². The minimum atomic E-state index is -0.453. The Morgan fingerprint density at radius 1 is 1.71 bits per heavy atom. The molecule has 0 aromatic carbocycles. The highest BCUT2D eigenvalue weighted by atomic mass is 16.5. The molecule has 1 saturated carbocycles. The van der Waals surface area contributed by atoms with Crippen LogP contribution in [0.2, 0.25) is 0 Å². The number of hydrogen-bond donors (Lipinski definition) is 2. The van der Waals surface area contributed by atoms with Gasteiger partial charge in [-0.25, -0.2) is 4.79 Å². The molecule has 2 atom stereocenters. The monoisotopic (exact) mass is 238 g/mol. The molecular weight excluding hydrogens is 220 g/mol. The van der Waals surface area contributed by atoms with Gasteiger partial charge in [0.1, 0.15) is 6.61 Å². The van der Waals surface area contributed by atoms with Crippen LogP contribution >= 0.6 is 0 Å². The standard InChI is InChI=1S/C12H18N2O3/c1-2-6-17-11(16)13-8-12-5-3-4-9(12)7-10(15)14-12/h2,9H,1,3-8H2,(H,13,16)(H,14,15). The smallest absolute Gasteiger partial charge is 0.407 e. The first-order chi connectivity index (χ1) is 8.16. The van der Waals surface area contributed by atoms with E-state index in [1.807, 2.05) is 0 Å². The van der Waals surface area contributed by atoms with Crippen LogP contribution in [0.5, 0.6) is 0 Å². The van der Waals surface area contributed by atoms with Gasteiger partial charge in [-0.2, -0.15) is 0 Å². The third kappa shape index (κ3) is 2.43. The van der Waals surface area contributed by atoms with E-state index in [2.05, 4.69) is 17.2 Å². The summed E-state index contributed by atoms with van der Waals surface area (Å²) < 4.78 is 4.84. The summed E-state index contributed by atoms with van der Waals surface area (Å²) in [5.41, 5.74) is -0.232. The molecule has 2 unspecified atom stereocenters. The SMILES string of the molecule is C=CCOC(=O)NCC12CCCC1CC(=O)N2. The predicted octanol–water partition coefficient (Wildman–Crippen LogP) is 0.957. The number of carbonyl (C=O) groups excluding carboxylic acids is 2. The summed E-state index contributed by atoms with van der Waals surface area (Å²) in [6.45, 7) is 4.13. The number of hydrogen-bond acceptors (Lipinski definition) is 3. The second kappa shape index (κ2) is 4.77. The lowest BCUT2D eigenvalue weighted by molar-refractivity contribution is -0.120. The van der Waals surface area contributed by atoms with Gasteiger partial charge in [0, 0.05) is 13.0 Å². The highest BCUT2D eigenvalue weighted by Crippen LogP contribution is 2.41. The van der Waals surface area contributed by atoms with Crippen LogP contribution in [0, 0.1) is 5.92 Å². The third-order valence-electron chi connectivity index (χ3n) is 3.66. The number of ether oxygens (including phenoxy) is 1. The van der Waals surface area contributed by atoms with Gasteiger partial charge in [0.05, 0.1) is 5.54 Å². The maximum Gasteiger partial charge on any atom is 0.407 e. The van der Waals surface area contributed by atoms with Crippen molar-refractivity contribution in [3.63, 3.8) is 0 Å². The molecule has 5 heteroatoms. The minimum Gasteiger partial charge on any atom is -0.445 e. The lowest BCUT2D eigenvalue weighted by Crippen LogP contribution is -2.52. The largest absolute Gasteiger partial charge is 0.445 e. The fourth-order valence-electron chi connectivity index (χ4n) is 2.85. The summed E-state index contributed by atoms with van der Waals surface area (Å²) in [6.07, 6.45) is 4.75. The quantitative estimate of drug-likeness (QED) is 0.717. The molecule has 0 aromatic rings. The Bertz CT molecular complexity index is 343. The zero-order valence-electron chi connectivity index (χ0n) is 9.83. The fraction of sp³-hybridized carbons (Fsp3) is 0.667.